The Kier molecular flexibility index (Phi) is 7.60. The molecule has 1 aromatic rings. The van der Waals surface area contributed by atoms with Crippen LogP contribution in [0.4, 0.5) is 5.82 Å². The minimum Gasteiger partial charge on any atom is -0.370 e. The van der Waals surface area contributed by atoms with Gasteiger partial charge in [-0.25, -0.2) is 0 Å². The van der Waals surface area contributed by atoms with Gasteiger partial charge >= 0.3 is 0 Å². The lowest BCUT2D eigenvalue weighted by molar-refractivity contribution is 0.883. The van der Waals surface area contributed by atoms with E-state index in [2.05, 4.69) is 25.8 Å². The van der Waals surface area contributed by atoms with Gasteiger partial charge in [0.15, 0.2) is 5.96 Å². The van der Waals surface area contributed by atoms with E-state index < -0.39 is 0 Å². The third-order valence-electron chi connectivity index (χ3n) is 1.55. The van der Waals surface area contributed by atoms with Gasteiger partial charge in [-0.3, -0.25) is 4.99 Å². The highest BCUT2D eigenvalue weighted by Crippen LogP contribution is 1.95. The summed E-state index contributed by atoms with van der Waals surface area (Å²) in [4.78, 5) is 3.76. The van der Waals surface area contributed by atoms with Crippen LogP contribution in [0.2, 0.25) is 0 Å². The predicted octanol–water partition coefficient (Wildman–Crippen LogP) is 0.0406. The minimum atomic E-state index is 0. The molecule has 0 aliphatic carbocycles. The normalized spacial score (nSPS) is 10.3. The first-order chi connectivity index (χ1) is 6.83. The maximum atomic E-state index is 5.44. The van der Waals surface area contributed by atoms with Crippen LogP contribution in [0.5, 0.6) is 0 Å². The topological polar surface area (TPSA) is 88.2 Å². The van der Waals surface area contributed by atoms with Crippen LogP contribution in [0, 0.1) is 0 Å². The van der Waals surface area contributed by atoms with E-state index in [1.165, 1.54) is 0 Å². The lowest BCUT2D eigenvalue weighted by atomic mass is 10.5. The lowest BCUT2D eigenvalue weighted by Crippen LogP contribution is -2.34. The molecule has 1 rings (SSSR count). The van der Waals surface area contributed by atoms with Gasteiger partial charge in [-0.1, -0.05) is 0 Å². The van der Waals surface area contributed by atoms with E-state index in [4.69, 9.17) is 5.73 Å². The summed E-state index contributed by atoms with van der Waals surface area (Å²) < 4.78 is 0. The third kappa shape index (κ3) is 6.05. The second kappa shape index (κ2) is 8.21. The first kappa shape index (κ1) is 13.9. The third-order valence-corrected chi connectivity index (χ3v) is 1.55. The zero-order chi connectivity index (χ0) is 10.2. The molecule has 0 atom stereocenters. The molecule has 0 spiro atoms. The van der Waals surface area contributed by atoms with Gasteiger partial charge in [-0.05, 0) is 12.1 Å². The second-order valence-electron chi connectivity index (χ2n) is 2.57. The first-order valence-corrected chi connectivity index (χ1v) is 4.30. The van der Waals surface area contributed by atoms with Gasteiger partial charge in [-0.15, -0.1) is 29.1 Å². The van der Waals surface area contributed by atoms with Crippen molar-refractivity contribution < 1.29 is 0 Å². The molecule has 0 amide bonds. The SMILES string of the molecule is CN=C(N)NCCNc1cccnn1.I. The molecule has 0 saturated carbocycles. The number of halogens is 1. The summed E-state index contributed by atoms with van der Waals surface area (Å²) in [6.45, 7) is 1.41. The van der Waals surface area contributed by atoms with Gasteiger partial charge in [0.1, 0.15) is 5.82 Å². The summed E-state index contributed by atoms with van der Waals surface area (Å²) in [6.07, 6.45) is 1.63. The molecule has 0 aliphatic heterocycles. The molecule has 6 nitrogen and oxygen atoms in total. The fourth-order valence-corrected chi connectivity index (χ4v) is 0.856. The first-order valence-electron chi connectivity index (χ1n) is 4.30. The number of nitrogens with two attached hydrogens (primary N) is 1. The molecular weight excluding hydrogens is 307 g/mol. The number of guanidine groups is 1. The molecule has 0 unspecified atom stereocenters. The van der Waals surface area contributed by atoms with Gasteiger partial charge in [-0.2, -0.15) is 5.10 Å². The van der Waals surface area contributed by atoms with Gasteiger partial charge < -0.3 is 16.4 Å². The predicted molar refractivity (Wildman–Crippen MR) is 71.5 cm³/mol. The number of anilines is 1. The largest absolute Gasteiger partial charge is 0.370 e. The highest BCUT2D eigenvalue weighted by molar-refractivity contribution is 14.0. The zero-order valence-corrected chi connectivity index (χ0v) is 10.8. The molecule has 4 N–H and O–H groups in total. The fraction of sp³-hybridized carbons (Fsp3) is 0.375. The van der Waals surface area contributed by atoms with Crippen LogP contribution in [-0.4, -0.2) is 36.3 Å². The summed E-state index contributed by atoms with van der Waals surface area (Å²) >= 11 is 0. The van der Waals surface area contributed by atoms with Gasteiger partial charge in [0.25, 0.3) is 0 Å². The Hall–Kier alpha value is -1.12. The van der Waals surface area contributed by atoms with E-state index in [9.17, 15) is 0 Å². The van der Waals surface area contributed by atoms with Crippen molar-refractivity contribution in [3.63, 3.8) is 0 Å². The fourth-order valence-electron chi connectivity index (χ4n) is 0.856. The van der Waals surface area contributed by atoms with Gasteiger partial charge in [0.05, 0.1) is 0 Å². The van der Waals surface area contributed by atoms with Crippen LogP contribution in [0.1, 0.15) is 0 Å². The summed E-state index contributed by atoms with van der Waals surface area (Å²) in [5.74, 6) is 1.19. The Bertz CT molecular complexity index is 288. The Morgan fingerprint density at radius 1 is 1.53 bits per heavy atom. The molecule has 7 heteroatoms. The molecule has 1 heterocycles. The van der Waals surface area contributed by atoms with Crippen molar-refractivity contribution in [2.45, 2.75) is 0 Å². The molecule has 0 aromatic carbocycles. The number of hydrogen-bond donors (Lipinski definition) is 3. The van der Waals surface area contributed by atoms with Crippen molar-refractivity contribution in [3.05, 3.63) is 18.3 Å². The van der Waals surface area contributed by atoms with Crippen LogP contribution in [0.25, 0.3) is 0 Å². The van der Waals surface area contributed by atoms with Crippen molar-refractivity contribution in [2.24, 2.45) is 10.7 Å². The second-order valence-corrected chi connectivity index (χ2v) is 2.57. The zero-order valence-electron chi connectivity index (χ0n) is 8.47. The van der Waals surface area contributed by atoms with Crippen molar-refractivity contribution in [1.82, 2.24) is 15.5 Å². The molecule has 15 heavy (non-hydrogen) atoms. The average molecular weight is 322 g/mol. The van der Waals surface area contributed by atoms with E-state index in [0.29, 0.717) is 12.5 Å². The van der Waals surface area contributed by atoms with E-state index >= 15 is 0 Å². The van der Waals surface area contributed by atoms with Crippen LogP contribution < -0.4 is 16.4 Å². The molecule has 0 fully saturated rings. The smallest absolute Gasteiger partial charge is 0.188 e. The molecule has 0 bridgehead atoms. The summed E-state index contributed by atoms with van der Waals surface area (Å²) in [6, 6.07) is 3.68. The molecule has 1 aromatic heterocycles. The highest BCUT2D eigenvalue weighted by atomic mass is 127. The lowest BCUT2D eigenvalue weighted by Gasteiger charge is -2.05. The monoisotopic (exact) mass is 322 g/mol. The molecule has 0 radical (unpaired) electrons. The Morgan fingerprint density at radius 3 is 2.93 bits per heavy atom. The maximum absolute atomic E-state index is 5.44. The van der Waals surface area contributed by atoms with E-state index in [0.717, 1.165) is 12.4 Å². The number of aliphatic imine (C=N–C) groups is 1. The van der Waals surface area contributed by atoms with Crippen molar-refractivity contribution in [3.8, 4) is 0 Å². The number of nitrogens with zero attached hydrogens (tertiary/aromatic N) is 3. The maximum Gasteiger partial charge on any atom is 0.188 e. The average Bonchev–Trinajstić information content (AvgIpc) is 2.25. The number of nitrogens with one attached hydrogen (secondary N) is 2. The van der Waals surface area contributed by atoms with Crippen LogP contribution in [-0.2, 0) is 0 Å². The van der Waals surface area contributed by atoms with Crippen LogP contribution >= 0.6 is 24.0 Å². The van der Waals surface area contributed by atoms with E-state index in [1.807, 2.05) is 12.1 Å². The van der Waals surface area contributed by atoms with Crippen molar-refractivity contribution >= 4 is 35.8 Å². The quantitative estimate of drug-likeness (QED) is 0.315. The molecule has 0 aliphatic rings. The van der Waals surface area contributed by atoms with Crippen LogP contribution in [0.3, 0.4) is 0 Å². The summed E-state index contributed by atoms with van der Waals surface area (Å²) in [7, 11) is 1.64. The highest BCUT2D eigenvalue weighted by Gasteiger charge is 1.91. The van der Waals surface area contributed by atoms with Gasteiger partial charge in [0, 0.05) is 26.3 Å². The Labute approximate surface area is 106 Å². The van der Waals surface area contributed by atoms with Gasteiger partial charge in [0.2, 0.25) is 0 Å². The Balaban J connectivity index is 0.00000196. The minimum absolute atomic E-state index is 0. The van der Waals surface area contributed by atoms with E-state index in [1.54, 1.807) is 13.2 Å². The number of rotatable bonds is 4. The standard InChI is InChI=1S/C8H14N6.HI/c1-10-8(9)12-6-5-11-7-3-2-4-13-14-7;/h2-4H,5-6H2,1H3,(H,11,14)(H3,9,10,12);1H. The molecule has 84 valence electrons. The molecule has 0 saturated heterocycles. The van der Waals surface area contributed by atoms with Crippen molar-refractivity contribution in [2.75, 3.05) is 25.5 Å². The van der Waals surface area contributed by atoms with E-state index in [-0.39, 0.29) is 24.0 Å². The van der Waals surface area contributed by atoms with Crippen LogP contribution in [0.15, 0.2) is 23.3 Å². The number of hydrogen-bond acceptors (Lipinski definition) is 4. The molecular formula is C8H15IN6. The Morgan fingerprint density at radius 2 is 2.33 bits per heavy atom. The number of aromatic nitrogens is 2. The summed E-state index contributed by atoms with van der Waals surface area (Å²) in [5.41, 5.74) is 5.44. The van der Waals surface area contributed by atoms with Crippen molar-refractivity contribution in [1.29, 1.82) is 0 Å². The summed E-state index contributed by atoms with van der Waals surface area (Å²) in [5, 5.41) is 13.6.